The van der Waals surface area contributed by atoms with Gasteiger partial charge in [-0.25, -0.2) is 9.59 Å². The molecule has 1 fully saturated rings. The minimum absolute atomic E-state index is 0.0914. The summed E-state index contributed by atoms with van der Waals surface area (Å²) in [7, 11) is 0. The zero-order chi connectivity index (χ0) is 23.0. The van der Waals surface area contributed by atoms with Crippen LogP contribution in [0.2, 0.25) is 0 Å². The van der Waals surface area contributed by atoms with Gasteiger partial charge in [-0.2, -0.15) is 5.10 Å². The largest absolute Gasteiger partial charge is 0.448 e. The van der Waals surface area contributed by atoms with E-state index in [9.17, 15) is 14.4 Å². The number of nitrogens with one attached hydrogen (secondary N) is 1. The first-order chi connectivity index (χ1) is 14.5. The number of rotatable bonds is 3. The number of carbonyl (C=O) groups excluding carboxylic acids is 3. The third-order valence-electron chi connectivity index (χ3n) is 5.83. The summed E-state index contributed by atoms with van der Waals surface area (Å²) < 4.78 is 11.8. The second kappa shape index (κ2) is 8.51. The predicted octanol–water partition coefficient (Wildman–Crippen LogP) is 4.39. The van der Waals surface area contributed by atoms with E-state index in [0.29, 0.717) is 11.3 Å². The van der Waals surface area contributed by atoms with E-state index in [4.69, 9.17) is 9.47 Å². The summed E-state index contributed by atoms with van der Waals surface area (Å²) in [6.45, 7) is 11.2. The van der Waals surface area contributed by atoms with E-state index in [-0.39, 0.29) is 30.8 Å². The molecule has 1 aromatic rings. The molecule has 1 aliphatic heterocycles. The molecule has 0 bridgehead atoms. The molecule has 9 nitrogen and oxygen atoms in total. The van der Waals surface area contributed by atoms with Gasteiger partial charge in [0.15, 0.2) is 0 Å². The molecular formula is C22H34N4O5. The zero-order valence-corrected chi connectivity index (χ0v) is 19.4. The van der Waals surface area contributed by atoms with Crippen LogP contribution in [0.3, 0.4) is 0 Å². The Morgan fingerprint density at radius 2 is 1.77 bits per heavy atom. The topological polar surface area (TPSA) is 103 Å². The molecule has 1 N–H and O–H groups in total. The van der Waals surface area contributed by atoms with Gasteiger partial charge in [-0.1, -0.05) is 19.3 Å². The highest BCUT2D eigenvalue weighted by molar-refractivity contribution is 5.94. The van der Waals surface area contributed by atoms with Crippen molar-refractivity contribution in [2.45, 2.75) is 91.3 Å². The Bertz CT molecular complexity index is 862. The molecule has 0 saturated heterocycles. The smallest absolute Gasteiger partial charge is 0.436 e. The number of nitrogens with zero attached hydrogens (tertiary/aromatic N) is 3. The zero-order valence-electron chi connectivity index (χ0n) is 19.4. The highest BCUT2D eigenvalue weighted by Crippen LogP contribution is 2.42. The summed E-state index contributed by atoms with van der Waals surface area (Å²) in [5.74, 6) is 0.0657. The molecule has 1 aliphatic carbocycles. The van der Waals surface area contributed by atoms with Crippen molar-refractivity contribution in [1.82, 2.24) is 14.7 Å². The molecule has 2 heterocycles. The Morgan fingerprint density at radius 3 is 2.35 bits per heavy atom. The maximum atomic E-state index is 13.0. The lowest BCUT2D eigenvalue weighted by Crippen LogP contribution is -2.44. The van der Waals surface area contributed by atoms with E-state index in [1.54, 1.807) is 11.8 Å². The molecule has 1 aromatic heterocycles. The lowest BCUT2D eigenvalue weighted by atomic mass is 9.88. The monoisotopic (exact) mass is 434 g/mol. The van der Waals surface area contributed by atoms with Crippen LogP contribution in [0.5, 0.6) is 0 Å². The molecule has 0 radical (unpaired) electrons. The standard InChI is InChI=1S/C22H34N4O5/c1-7-30-20(29)26-17(23-18(27)14-11-9-8-10-12-14)15-13-25(19(28)31-21(2,3)4)22(5,6)16(15)24-26/h14H,7-13H2,1-6H3,(H,23,27). The van der Waals surface area contributed by atoms with Gasteiger partial charge in [0.1, 0.15) is 11.4 Å². The van der Waals surface area contributed by atoms with Crippen LogP contribution in [0.4, 0.5) is 15.4 Å². The number of amides is 2. The van der Waals surface area contributed by atoms with E-state index in [0.717, 1.165) is 36.8 Å². The van der Waals surface area contributed by atoms with Crippen LogP contribution in [0.25, 0.3) is 0 Å². The summed E-state index contributed by atoms with van der Waals surface area (Å²) in [5.41, 5.74) is -0.283. The van der Waals surface area contributed by atoms with Crippen LogP contribution >= 0.6 is 0 Å². The fourth-order valence-corrected chi connectivity index (χ4v) is 4.21. The Hall–Kier alpha value is -2.58. The second-order valence-electron chi connectivity index (χ2n) is 9.74. The summed E-state index contributed by atoms with van der Waals surface area (Å²) in [6, 6.07) is 0. The average molecular weight is 435 g/mol. The van der Waals surface area contributed by atoms with Gasteiger partial charge in [-0.3, -0.25) is 9.69 Å². The number of fused-ring (bicyclic) bond motifs is 1. The normalized spacial score (nSPS) is 18.5. The van der Waals surface area contributed by atoms with Gasteiger partial charge in [0.05, 0.1) is 24.4 Å². The molecule has 0 aromatic carbocycles. The first kappa shape index (κ1) is 23.1. The van der Waals surface area contributed by atoms with E-state index in [1.165, 1.54) is 0 Å². The van der Waals surface area contributed by atoms with Crippen molar-refractivity contribution in [3.05, 3.63) is 11.3 Å². The molecule has 0 spiro atoms. The number of anilines is 1. The second-order valence-corrected chi connectivity index (χ2v) is 9.74. The van der Waals surface area contributed by atoms with Crippen LogP contribution in [0, 0.1) is 5.92 Å². The molecule has 9 heteroatoms. The summed E-state index contributed by atoms with van der Waals surface area (Å²) in [6.07, 6.45) is 3.71. The van der Waals surface area contributed by atoms with Crippen molar-refractivity contribution in [1.29, 1.82) is 0 Å². The predicted molar refractivity (Wildman–Crippen MR) is 115 cm³/mol. The first-order valence-corrected chi connectivity index (χ1v) is 11.1. The number of hydrogen-bond acceptors (Lipinski definition) is 6. The maximum Gasteiger partial charge on any atom is 0.436 e. The Balaban J connectivity index is 1.95. The van der Waals surface area contributed by atoms with Crippen molar-refractivity contribution in [2.24, 2.45) is 5.92 Å². The molecule has 2 amide bonds. The Morgan fingerprint density at radius 1 is 1.13 bits per heavy atom. The SMILES string of the molecule is CCOC(=O)n1nc2c(c1NC(=O)C1CCCCC1)CN(C(=O)OC(C)(C)C)C2(C)C. The lowest BCUT2D eigenvalue weighted by Gasteiger charge is -2.33. The Labute approximate surface area is 183 Å². The average Bonchev–Trinajstić information content (AvgIpc) is 3.16. The van der Waals surface area contributed by atoms with Gasteiger partial charge in [-0.05, 0) is 54.4 Å². The molecular weight excluding hydrogens is 400 g/mol. The molecule has 0 atom stereocenters. The quantitative estimate of drug-likeness (QED) is 0.757. The molecule has 2 aliphatic rings. The van der Waals surface area contributed by atoms with Crippen LogP contribution < -0.4 is 5.32 Å². The minimum Gasteiger partial charge on any atom is -0.448 e. The van der Waals surface area contributed by atoms with Crippen molar-refractivity contribution >= 4 is 23.9 Å². The highest BCUT2D eigenvalue weighted by Gasteiger charge is 2.47. The fourth-order valence-electron chi connectivity index (χ4n) is 4.21. The van der Waals surface area contributed by atoms with Crippen LogP contribution in [-0.2, 0) is 26.4 Å². The maximum absolute atomic E-state index is 13.0. The van der Waals surface area contributed by atoms with E-state index in [1.807, 2.05) is 34.6 Å². The van der Waals surface area contributed by atoms with Crippen molar-refractivity contribution in [2.75, 3.05) is 11.9 Å². The molecule has 3 rings (SSSR count). The third-order valence-corrected chi connectivity index (χ3v) is 5.83. The van der Waals surface area contributed by atoms with E-state index in [2.05, 4.69) is 10.4 Å². The van der Waals surface area contributed by atoms with Crippen LogP contribution in [-0.4, -0.2) is 45.0 Å². The van der Waals surface area contributed by atoms with Crippen molar-refractivity contribution < 1.29 is 23.9 Å². The summed E-state index contributed by atoms with van der Waals surface area (Å²) >= 11 is 0. The van der Waals surface area contributed by atoms with Gasteiger partial charge >= 0.3 is 12.2 Å². The number of ether oxygens (including phenoxy) is 2. The van der Waals surface area contributed by atoms with Crippen molar-refractivity contribution in [3.8, 4) is 0 Å². The summed E-state index contributed by atoms with van der Waals surface area (Å²) in [5, 5.41) is 7.39. The van der Waals surface area contributed by atoms with E-state index >= 15 is 0 Å². The molecule has 31 heavy (non-hydrogen) atoms. The lowest BCUT2D eigenvalue weighted by molar-refractivity contribution is -0.120. The van der Waals surface area contributed by atoms with Gasteiger partial charge in [-0.15, -0.1) is 4.68 Å². The third kappa shape index (κ3) is 4.70. The fraction of sp³-hybridized carbons (Fsp3) is 0.727. The van der Waals surface area contributed by atoms with Crippen molar-refractivity contribution in [3.63, 3.8) is 0 Å². The first-order valence-electron chi connectivity index (χ1n) is 11.1. The molecule has 172 valence electrons. The minimum atomic E-state index is -0.820. The number of hydrogen-bond donors (Lipinski definition) is 1. The van der Waals surface area contributed by atoms with Gasteiger partial charge in [0.25, 0.3) is 0 Å². The van der Waals surface area contributed by atoms with Gasteiger partial charge < -0.3 is 14.8 Å². The number of carbonyl (C=O) groups is 3. The summed E-state index contributed by atoms with van der Waals surface area (Å²) in [4.78, 5) is 39.9. The Kier molecular flexibility index (Phi) is 6.34. The number of aromatic nitrogens is 2. The van der Waals surface area contributed by atoms with Gasteiger partial charge in [0.2, 0.25) is 5.91 Å². The van der Waals surface area contributed by atoms with Gasteiger partial charge in [0, 0.05) is 11.5 Å². The van der Waals surface area contributed by atoms with E-state index < -0.39 is 23.3 Å². The molecule has 1 saturated carbocycles. The van der Waals surface area contributed by atoms with Crippen LogP contribution in [0.1, 0.15) is 84.9 Å². The van der Waals surface area contributed by atoms with Crippen LogP contribution in [0.15, 0.2) is 0 Å². The highest BCUT2D eigenvalue weighted by atomic mass is 16.6. The molecule has 0 unspecified atom stereocenters.